The van der Waals surface area contributed by atoms with E-state index in [1.54, 1.807) is 6.08 Å². The minimum atomic E-state index is 0.484. The number of hydrogen-bond donors (Lipinski definition) is 2. The first-order chi connectivity index (χ1) is 12.1. The maximum atomic E-state index is 6.52. The number of nitrogens with one attached hydrogen (secondary N) is 2. The molecule has 0 aliphatic carbocycles. The number of rotatable bonds is 9. The normalized spacial score (nSPS) is 20.3. The standard InChI is InChI=1S/C21H28Cl2N2/c1-4-6-7-10-17(22)18(23)14-15-9-8-11-20-21(15)16(12-13-24-3)19(5-2)25-20/h4,6-9,11,16,19,24-25H,1,5,10,12-14H2,2-3H3/b7-6-,18-17-. The second-order valence-corrected chi connectivity index (χ2v) is 7.30. The predicted molar refractivity (Wildman–Crippen MR) is 112 cm³/mol. The molecule has 0 spiro atoms. The van der Waals surface area contributed by atoms with E-state index < -0.39 is 0 Å². The molecular weight excluding hydrogens is 351 g/mol. The zero-order valence-corrected chi connectivity index (χ0v) is 16.6. The monoisotopic (exact) mass is 378 g/mol. The Morgan fingerprint density at radius 2 is 2.12 bits per heavy atom. The summed E-state index contributed by atoms with van der Waals surface area (Å²) in [4.78, 5) is 0. The van der Waals surface area contributed by atoms with Gasteiger partial charge in [-0.15, -0.1) is 0 Å². The number of anilines is 1. The lowest BCUT2D eigenvalue weighted by atomic mass is 9.86. The highest BCUT2D eigenvalue weighted by molar-refractivity contribution is 6.39. The molecule has 0 saturated carbocycles. The van der Waals surface area contributed by atoms with Gasteiger partial charge >= 0.3 is 0 Å². The molecule has 2 unspecified atom stereocenters. The third-order valence-electron chi connectivity index (χ3n) is 4.75. The van der Waals surface area contributed by atoms with Crippen LogP contribution in [-0.4, -0.2) is 19.6 Å². The number of fused-ring (bicyclic) bond motifs is 1. The third-order valence-corrected chi connectivity index (χ3v) is 5.59. The van der Waals surface area contributed by atoms with Crippen LogP contribution in [0, 0.1) is 0 Å². The summed E-state index contributed by atoms with van der Waals surface area (Å²) in [7, 11) is 2.01. The number of hydrogen-bond acceptors (Lipinski definition) is 2. The van der Waals surface area contributed by atoms with Gasteiger partial charge in [0.25, 0.3) is 0 Å². The van der Waals surface area contributed by atoms with E-state index in [-0.39, 0.29) is 0 Å². The van der Waals surface area contributed by atoms with E-state index in [0.717, 1.165) is 24.4 Å². The first-order valence-electron chi connectivity index (χ1n) is 8.95. The lowest BCUT2D eigenvalue weighted by Crippen LogP contribution is -2.23. The molecule has 136 valence electrons. The fourth-order valence-electron chi connectivity index (χ4n) is 3.51. The molecule has 1 aliphatic rings. The Kier molecular flexibility index (Phi) is 8.08. The summed E-state index contributed by atoms with van der Waals surface area (Å²) in [5, 5.41) is 8.38. The molecule has 0 radical (unpaired) electrons. The number of halogens is 2. The van der Waals surface area contributed by atoms with Gasteiger partial charge < -0.3 is 10.6 Å². The molecule has 2 atom stereocenters. The molecule has 2 N–H and O–H groups in total. The van der Waals surface area contributed by atoms with Crippen LogP contribution in [0.4, 0.5) is 5.69 Å². The highest BCUT2D eigenvalue weighted by Gasteiger charge is 2.32. The molecule has 2 rings (SSSR count). The van der Waals surface area contributed by atoms with Gasteiger partial charge in [-0.05, 0) is 43.6 Å². The maximum absolute atomic E-state index is 6.52. The van der Waals surface area contributed by atoms with Gasteiger partial charge in [-0.25, -0.2) is 0 Å². The van der Waals surface area contributed by atoms with Crippen LogP contribution in [0.5, 0.6) is 0 Å². The zero-order valence-electron chi connectivity index (χ0n) is 15.1. The lowest BCUT2D eigenvalue weighted by molar-refractivity contribution is 0.525. The van der Waals surface area contributed by atoms with Crippen LogP contribution in [-0.2, 0) is 6.42 Å². The van der Waals surface area contributed by atoms with E-state index in [9.17, 15) is 0 Å². The van der Waals surface area contributed by atoms with E-state index in [1.165, 1.54) is 16.8 Å². The molecule has 0 saturated heterocycles. The van der Waals surface area contributed by atoms with Crippen LogP contribution >= 0.6 is 23.2 Å². The minimum absolute atomic E-state index is 0.484. The quantitative estimate of drug-likeness (QED) is 0.518. The smallest absolute Gasteiger partial charge is 0.0381 e. The van der Waals surface area contributed by atoms with Crippen molar-refractivity contribution in [3.05, 3.63) is 64.2 Å². The van der Waals surface area contributed by atoms with E-state index in [4.69, 9.17) is 23.2 Å². The second kappa shape index (κ2) is 10.1. The summed E-state index contributed by atoms with van der Waals surface area (Å²) in [5.41, 5.74) is 3.93. The van der Waals surface area contributed by atoms with Crippen LogP contribution in [0.15, 0.2) is 53.1 Å². The molecule has 25 heavy (non-hydrogen) atoms. The van der Waals surface area contributed by atoms with Crippen LogP contribution in [0.1, 0.15) is 43.2 Å². The fraction of sp³-hybridized carbons (Fsp3) is 0.429. The third kappa shape index (κ3) is 5.13. The highest BCUT2D eigenvalue weighted by Crippen LogP contribution is 2.42. The van der Waals surface area contributed by atoms with Crippen molar-refractivity contribution in [1.29, 1.82) is 0 Å². The van der Waals surface area contributed by atoms with Gasteiger partial charge in [-0.2, -0.15) is 0 Å². The van der Waals surface area contributed by atoms with Gasteiger partial charge in [0.15, 0.2) is 0 Å². The Morgan fingerprint density at radius 3 is 2.80 bits per heavy atom. The SMILES string of the molecule is C=C/C=C\C/C(Cl)=C(/Cl)Cc1cccc2c1C(CCNC)C(CC)N2. The largest absolute Gasteiger partial charge is 0.381 e. The molecule has 4 heteroatoms. The average Bonchev–Trinajstić information content (AvgIpc) is 2.98. The van der Waals surface area contributed by atoms with Crippen LogP contribution < -0.4 is 10.6 Å². The molecule has 1 aliphatic heterocycles. The number of allylic oxidation sites excluding steroid dienone is 5. The summed E-state index contributed by atoms with van der Waals surface area (Å²) < 4.78 is 0. The molecule has 0 amide bonds. The molecule has 2 nitrogen and oxygen atoms in total. The van der Waals surface area contributed by atoms with E-state index in [1.807, 2.05) is 19.2 Å². The van der Waals surface area contributed by atoms with Gasteiger partial charge in [-0.1, -0.05) is 67.1 Å². The topological polar surface area (TPSA) is 24.1 Å². The van der Waals surface area contributed by atoms with Crippen LogP contribution in [0.3, 0.4) is 0 Å². The first kappa shape index (κ1) is 20.1. The van der Waals surface area contributed by atoms with Crippen molar-refractivity contribution in [1.82, 2.24) is 5.32 Å². The summed E-state index contributed by atoms with van der Waals surface area (Å²) >= 11 is 12.9. The molecule has 0 fully saturated rings. The van der Waals surface area contributed by atoms with E-state index in [2.05, 4.69) is 42.3 Å². The van der Waals surface area contributed by atoms with Crippen molar-refractivity contribution < 1.29 is 0 Å². The maximum Gasteiger partial charge on any atom is 0.0381 e. The van der Waals surface area contributed by atoms with Gasteiger partial charge in [0.1, 0.15) is 0 Å². The van der Waals surface area contributed by atoms with Gasteiger partial charge in [0.05, 0.1) is 0 Å². The van der Waals surface area contributed by atoms with Crippen molar-refractivity contribution in [2.24, 2.45) is 0 Å². The Bertz CT molecular complexity index is 649. The van der Waals surface area contributed by atoms with Gasteiger partial charge in [-0.3, -0.25) is 0 Å². The first-order valence-corrected chi connectivity index (χ1v) is 9.71. The molecular formula is C21H28Cl2N2. The molecule has 1 heterocycles. The lowest BCUT2D eigenvalue weighted by Gasteiger charge is -2.20. The van der Waals surface area contributed by atoms with Crippen molar-refractivity contribution in [2.45, 2.75) is 44.6 Å². The van der Waals surface area contributed by atoms with Crippen molar-refractivity contribution >= 4 is 28.9 Å². The van der Waals surface area contributed by atoms with Crippen LogP contribution in [0.2, 0.25) is 0 Å². The summed E-state index contributed by atoms with van der Waals surface area (Å²) in [5.74, 6) is 0.507. The minimum Gasteiger partial charge on any atom is -0.381 e. The molecule has 0 aromatic heterocycles. The Hall–Kier alpha value is -1.22. The molecule has 1 aromatic rings. The average molecular weight is 379 g/mol. The summed E-state index contributed by atoms with van der Waals surface area (Å²) in [6.45, 7) is 6.91. The van der Waals surface area contributed by atoms with E-state index in [0.29, 0.717) is 29.8 Å². The van der Waals surface area contributed by atoms with Gasteiger partial charge in [0.2, 0.25) is 0 Å². The zero-order chi connectivity index (χ0) is 18.2. The highest BCUT2D eigenvalue weighted by atomic mass is 35.5. The van der Waals surface area contributed by atoms with Gasteiger partial charge in [0, 0.05) is 40.6 Å². The summed E-state index contributed by atoms with van der Waals surface area (Å²) in [6, 6.07) is 6.94. The second-order valence-electron chi connectivity index (χ2n) is 6.39. The summed E-state index contributed by atoms with van der Waals surface area (Å²) in [6.07, 6.45) is 9.14. The fourth-order valence-corrected chi connectivity index (χ4v) is 3.88. The van der Waals surface area contributed by atoms with E-state index >= 15 is 0 Å². The molecule has 0 bridgehead atoms. The van der Waals surface area contributed by atoms with Crippen LogP contribution in [0.25, 0.3) is 0 Å². The Morgan fingerprint density at radius 1 is 1.32 bits per heavy atom. The Labute approximate surface area is 162 Å². The van der Waals surface area contributed by atoms with Crippen molar-refractivity contribution in [2.75, 3.05) is 18.9 Å². The predicted octanol–water partition coefficient (Wildman–Crippen LogP) is 5.95. The number of benzene rings is 1. The van der Waals surface area contributed by atoms with Crippen molar-refractivity contribution in [3.8, 4) is 0 Å². The van der Waals surface area contributed by atoms with Crippen molar-refractivity contribution in [3.63, 3.8) is 0 Å². The Balaban J connectivity index is 2.26. The molecule has 1 aromatic carbocycles.